The average Bonchev–Trinajstić information content (AvgIpc) is 3.14. The lowest BCUT2D eigenvalue weighted by molar-refractivity contribution is 0.0954. The van der Waals surface area contributed by atoms with Crippen LogP contribution in [-0.2, 0) is 19.8 Å². The Bertz CT molecular complexity index is 1880. The predicted molar refractivity (Wildman–Crippen MR) is 197 cm³/mol. The maximum absolute atomic E-state index is 12.9. The third-order valence-corrected chi connectivity index (χ3v) is 7.89. The van der Waals surface area contributed by atoms with Crippen LogP contribution >= 0.6 is 15.9 Å². The molecule has 0 saturated heterocycles. The minimum absolute atomic E-state index is 0.261. The Morgan fingerprint density at radius 1 is 0.640 bits per heavy atom. The van der Waals surface area contributed by atoms with Gasteiger partial charge in [-0.05, 0) is 94.5 Å². The van der Waals surface area contributed by atoms with Crippen molar-refractivity contribution in [2.75, 3.05) is 20.3 Å². The average molecular weight is 740 g/mol. The zero-order valence-electron chi connectivity index (χ0n) is 28.2. The Labute approximate surface area is 300 Å². The second-order valence-corrected chi connectivity index (χ2v) is 11.7. The zero-order chi connectivity index (χ0) is 35.1. The van der Waals surface area contributed by atoms with Gasteiger partial charge in [-0.2, -0.15) is 5.10 Å². The number of hydrazone groups is 1. The first-order valence-corrected chi connectivity index (χ1v) is 17.0. The lowest BCUT2D eigenvalue weighted by atomic mass is 10.2. The third kappa shape index (κ3) is 10.0. The van der Waals surface area contributed by atoms with Gasteiger partial charge in [-0.1, -0.05) is 66.7 Å². The second-order valence-electron chi connectivity index (χ2n) is 10.9. The molecule has 0 atom stereocenters. The van der Waals surface area contributed by atoms with E-state index < -0.39 is 5.91 Å². The molecule has 1 N–H and O–H groups in total. The smallest absolute Gasteiger partial charge is 0.271 e. The summed E-state index contributed by atoms with van der Waals surface area (Å²) in [7, 11) is 1.56. The summed E-state index contributed by atoms with van der Waals surface area (Å²) in [6.45, 7) is 5.81. The monoisotopic (exact) mass is 738 g/mol. The first-order valence-electron chi connectivity index (χ1n) is 16.2. The topological polar surface area (TPSA) is 96.8 Å². The van der Waals surface area contributed by atoms with Crippen LogP contribution < -0.4 is 33.8 Å². The fourth-order valence-electron chi connectivity index (χ4n) is 4.88. The van der Waals surface area contributed by atoms with Gasteiger partial charge < -0.3 is 28.4 Å². The number of nitrogens with zero attached hydrogens (tertiary/aromatic N) is 1. The van der Waals surface area contributed by atoms with Crippen LogP contribution in [0.2, 0.25) is 0 Å². The van der Waals surface area contributed by atoms with Gasteiger partial charge in [0.25, 0.3) is 5.91 Å². The van der Waals surface area contributed by atoms with E-state index in [-0.39, 0.29) is 6.61 Å². The van der Waals surface area contributed by atoms with Crippen molar-refractivity contribution in [1.29, 1.82) is 0 Å². The summed E-state index contributed by atoms with van der Waals surface area (Å²) in [6.07, 6.45) is 1.53. The van der Waals surface area contributed by atoms with E-state index in [1.807, 2.05) is 98.8 Å². The Morgan fingerprint density at radius 2 is 1.22 bits per heavy atom. The number of amides is 1. The number of halogens is 1. The quantitative estimate of drug-likeness (QED) is 0.0753. The molecule has 10 heteroatoms. The van der Waals surface area contributed by atoms with Gasteiger partial charge in [0.05, 0.1) is 31.0 Å². The predicted octanol–water partition coefficient (Wildman–Crippen LogP) is 8.76. The molecule has 5 aromatic carbocycles. The first kappa shape index (κ1) is 35.8. The molecule has 0 aliphatic carbocycles. The Balaban J connectivity index is 1.20. The van der Waals surface area contributed by atoms with Gasteiger partial charge in [-0.3, -0.25) is 4.79 Å². The maximum Gasteiger partial charge on any atom is 0.271 e. The number of benzene rings is 5. The van der Waals surface area contributed by atoms with Crippen LogP contribution in [0.3, 0.4) is 0 Å². The number of ether oxygens (including phenoxy) is 6. The number of hydrogen-bond donors (Lipinski definition) is 1. The summed E-state index contributed by atoms with van der Waals surface area (Å²) in [5, 5.41) is 4.16. The van der Waals surface area contributed by atoms with Gasteiger partial charge in [0.2, 0.25) is 0 Å². The fourth-order valence-corrected chi connectivity index (χ4v) is 5.45. The van der Waals surface area contributed by atoms with E-state index >= 15 is 0 Å². The van der Waals surface area contributed by atoms with Gasteiger partial charge in [0, 0.05) is 5.56 Å². The molecule has 0 fully saturated rings. The van der Waals surface area contributed by atoms with Crippen molar-refractivity contribution in [2.24, 2.45) is 5.10 Å². The van der Waals surface area contributed by atoms with Crippen molar-refractivity contribution in [3.05, 3.63) is 141 Å². The van der Waals surface area contributed by atoms with Crippen molar-refractivity contribution in [1.82, 2.24) is 5.43 Å². The first-order chi connectivity index (χ1) is 24.5. The highest BCUT2D eigenvalue weighted by Gasteiger charge is 2.15. The molecule has 5 rings (SSSR count). The molecule has 0 aliphatic rings. The molecule has 258 valence electrons. The van der Waals surface area contributed by atoms with Crippen molar-refractivity contribution in [3.8, 4) is 34.5 Å². The lowest BCUT2D eigenvalue weighted by Gasteiger charge is -2.16. The molecular formula is C40H39BrN2O7. The summed E-state index contributed by atoms with van der Waals surface area (Å²) >= 11 is 3.60. The maximum atomic E-state index is 12.9. The minimum atomic E-state index is -0.397. The van der Waals surface area contributed by atoms with Crippen molar-refractivity contribution < 1.29 is 33.2 Å². The van der Waals surface area contributed by atoms with Gasteiger partial charge in [-0.15, -0.1) is 0 Å². The molecule has 0 aromatic heterocycles. The summed E-state index contributed by atoms with van der Waals surface area (Å²) in [6, 6.07) is 34.2. The van der Waals surface area contributed by atoms with Crippen LogP contribution in [0.4, 0.5) is 0 Å². The van der Waals surface area contributed by atoms with Crippen LogP contribution in [0, 0.1) is 0 Å². The summed E-state index contributed by atoms with van der Waals surface area (Å²) in [4.78, 5) is 12.9. The molecule has 0 saturated carbocycles. The SMILES string of the molecule is CCOc1cc(COc2c(Br)cc(/C=N/NC(=O)c3ccc(OCc4ccccc4)c(OCC)c3)cc2OC)ccc1OCc1ccccc1. The highest BCUT2D eigenvalue weighted by molar-refractivity contribution is 9.10. The summed E-state index contributed by atoms with van der Waals surface area (Å²) < 4.78 is 36.1. The molecule has 0 unspecified atom stereocenters. The molecule has 50 heavy (non-hydrogen) atoms. The highest BCUT2D eigenvalue weighted by atomic mass is 79.9. The largest absolute Gasteiger partial charge is 0.493 e. The van der Waals surface area contributed by atoms with Gasteiger partial charge in [-0.25, -0.2) is 5.43 Å². The van der Waals surface area contributed by atoms with Crippen LogP contribution in [0.15, 0.2) is 119 Å². The van der Waals surface area contributed by atoms with E-state index in [0.717, 1.165) is 16.7 Å². The summed E-state index contributed by atoms with van der Waals surface area (Å²) in [5.74, 6) is 2.95. The molecule has 0 radical (unpaired) electrons. The van der Waals surface area contributed by atoms with Crippen molar-refractivity contribution >= 4 is 28.1 Å². The zero-order valence-corrected chi connectivity index (χ0v) is 29.8. The van der Waals surface area contributed by atoms with Crippen LogP contribution in [0.25, 0.3) is 0 Å². The van der Waals surface area contributed by atoms with E-state index in [4.69, 9.17) is 28.4 Å². The molecular weight excluding hydrogens is 700 g/mol. The normalized spacial score (nSPS) is 10.8. The standard InChI is InChI=1S/C40H39BrN2O7/c1-4-46-36-21-30(16-18-34(36)48-25-28-12-8-6-9-13-28)27-50-39-33(41)20-31(22-38(39)45-3)24-42-43-40(44)32-17-19-35(37(23-32)47-5-2)49-26-29-14-10-7-11-15-29/h6-24H,4-5,25-27H2,1-3H3,(H,43,44)/b42-24+. The second kappa shape index (κ2) is 18.3. The molecule has 1 amide bonds. The number of rotatable bonds is 17. The van der Waals surface area contributed by atoms with E-state index in [1.54, 1.807) is 31.4 Å². The molecule has 0 aliphatic heterocycles. The molecule has 0 spiro atoms. The van der Waals surface area contributed by atoms with Crippen LogP contribution in [0.1, 0.15) is 46.5 Å². The number of nitrogens with one attached hydrogen (secondary N) is 1. The Hall–Kier alpha value is -5.48. The van der Waals surface area contributed by atoms with Crippen LogP contribution in [-0.4, -0.2) is 32.4 Å². The van der Waals surface area contributed by atoms with Gasteiger partial charge >= 0.3 is 0 Å². The number of methoxy groups -OCH3 is 1. The van der Waals surface area contributed by atoms with Crippen LogP contribution in [0.5, 0.6) is 34.5 Å². The van der Waals surface area contributed by atoms with Crippen molar-refractivity contribution in [2.45, 2.75) is 33.7 Å². The minimum Gasteiger partial charge on any atom is -0.493 e. The van der Waals surface area contributed by atoms with E-state index in [1.165, 1.54) is 6.21 Å². The van der Waals surface area contributed by atoms with Gasteiger partial charge in [0.1, 0.15) is 19.8 Å². The summed E-state index contributed by atoms with van der Waals surface area (Å²) in [5.41, 5.74) is 6.63. The molecule has 5 aromatic rings. The highest BCUT2D eigenvalue weighted by Crippen LogP contribution is 2.38. The Morgan fingerprint density at radius 3 is 1.82 bits per heavy atom. The lowest BCUT2D eigenvalue weighted by Crippen LogP contribution is -2.17. The fraction of sp³-hybridized carbons (Fsp3) is 0.200. The number of carbonyl (C=O) groups excluding carboxylic acids is 1. The van der Waals surface area contributed by atoms with E-state index in [2.05, 4.69) is 26.5 Å². The third-order valence-electron chi connectivity index (χ3n) is 7.30. The van der Waals surface area contributed by atoms with Gasteiger partial charge in [0.15, 0.2) is 34.5 Å². The van der Waals surface area contributed by atoms with E-state index in [9.17, 15) is 4.79 Å². The molecule has 0 bridgehead atoms. The van der Waals surface area contributed by atoms with Crippen molar-refractivity contribution in [3.63, 3.8) is 0 Å². The Kier molecular flexibility index (Phi) is 13.1. The number of carbonyl (C=O) groups is 1. The number of hydrogen-bond acceptors (Lipinski definition) is 8. The van der Waals surface area contributed by atoms with E-state index in [0.29, 0.717) is 76.5 Å². The molecule has 0 heterocycles. The molecule has 9 nitrogen and oxygen atoms in total.